The summed E-state index contributed by atoms with van der Waals surface area (Å²) < 4.78 is 4.91. The summed E-state index contributed by atoms with van der Waals surface area (Å²) in [6.45, 7) is 3.71. The second-order valence-electron chi connectivity index (χ2n) is 5.34. The molecule has 2 rings (SSSR count). The van der Waals surface area contributed by atoms with Crippen LogP contribution >= 0.6 is 0 Å². The summed E-state index contributed by atoms with van der Waals surface area (Å²) in [5.74, 6) is 0.0169. The second-order valence-corrected chi connectivity index (χ2v) is 5.34. The van der Waals surface area contributed by atoms with Gasteiger partial charge in [-0.25, -0.2) is 0 Å². The minimum absolute atomic E-state index is 0.0169. The summed E-state index contributed by atoms with van der Waals surface area (Å²) in [6.07, 6.45) is 3.67. The number of benzene rings is 1. The Kier molecular flexibility index (Phi) is 5.56. The van der Waals surface area contributed by atoms with Gasteiger partial charge in [0.05, 0.1) is 12.6 Å². The first-order valence-electron chi connectivity index (χ1n) is 7.31. The van der Waals surface area contributed by atoms with Crippen LogP contribution in [0.5, 0.6) is 0 Å². The minimum atomic E-state index is -0.194. The monoisotopic (exact) mass is 276 g/mol. The third-order valence-corrected chi connectivity index (χ3v) is 3.77. The minimum Gasteiger partial charge on any atom is -0.383 e. The Bertz CT molecular complexity index is 460. The van der Waals surface area contributed by atoms with E-state index >= 15 is 0 Å². The molecule has 1 aliphatic rings. The van der Waals surface area contributed by atoms with Gasteiger partial charge in [0, 0.05) is 20.2 Å². The fourth-order valence-corrected chi connectivity index (χ4v) is 2.53. The molecule has 110 valence electrons. The zero-order chi connectivity index (χ0) is 14.4. The van der Waals surface area contributed by atoms with E-state index in [1.807, 2.05) is 6.92 Å². The fraction of sp³-hybridized carbons (Fsp3) is 0.562. The lowest BCUT2D eigenvalue weighted by atomic mass is 10.1. The summed E-state index contributed by atoms with van der Waals surface area (Å²) >= 11 is 0. The predicted molar refractivity (Wildman–Crippen MR) is 79.7 cm³/mol. The van der Waals surface area contributed by atoms with E-state index in [-0.39, 0.29) is 11.9 Å². The zero-order valence-corrected chi connectivity index (χ0v) is 12.4. The normalized spacial score (nSPS) is 14.9. The van der Waals surface area contributed by atoms with Crippen LogP contribution in [0, 0.1) is 0 Å². The number of amides is 1. The van der Waals surface area contributed by atoms with Gasteiger partial charge in [-0.15, -0.1) is 0 Å². The van der Waals surface area contributed by atoms with Crippen LogP contribution in [0.4, 0.5) is 0 Å². The van der Waals surface area contributed by atoms with E-state index in [2.05, 4.69) is 28.8 Å². The maximum atomic E-state index is 11.8. The standard InChI is InChI=1S/C16H24N2O2/c1-12(16(19)17-8-9-20-2)18-11-13-6-7-14-4-3-5-15(14)10-13/h6-7,10,12,18H,3-5,8-9,11H2,1-2H3,(H,17,19). The molecule has 1 unspecified atom stereocenters. The first kappa shape index (κ1) is 15.0. The molecule has 0 aromatic heterocycles. The number of hydrogen-bond acceptors (Lipinski definition) is 3. The van der Waals surface area contributed by atoms with Gasteiger partial charge in [0.15, 0.2) is 0 Å². The van der Waals surface area contributed by atoms with Gasteiger partial charge in [-0.1, -0.05) is 18.2 Å². The van der Waals surface area contributed by atoms with Gasteiger partial charge >= 0.3 is 0 Å². The van der Waals surface area contributed by atoms with Crippen LogP contribution in [0.15, 0.2) is 18.2 Å². The van der Waals surface area contributed by atoms with Crippen LogP contribution in [-0.4, -0.2) is 32.2 Å². The van der Waals surface area contributed by atoms with Crippen LogP contribution in [0.3, 0.4) is 0 Å². The van der Waals surface area contributed by atoms with Crippen LogP contribution in [0.1, 0.15) is 30.0 Å². The van der Waals surface area contributed by atoms with Crippen molar-refractivity contribution in [2.45, 2.75) is 38.8 Å². The van der Waals surface area contributed by atoms with Crippen LogP contribution in [0.2, 0.25) is 0 Å². The molecule has 0 bridgehead atoms. The molecule has 0 fully saturated rings. The quantitative estimate of drug-likeness (QED) is 0.741. The molecule has 2 N–H and O–H groups in total. The average molecular weight is 276 g/mol. The SMILES string of the molecule is COCCNC(=O)C(C)NCc1ccc2c(c1)CCC2. The maximum absolute atomic E-state index is 11.8. The van der Waals surface area contributed by atoms with E-state index in [1.165, 1.54) is 36.0 Å². The molecule has 1 atom stereocenters. The molecule has 1 aliphatic carbocycles. The molecule has 0 spiro atoms. The Morgan fingerprint density at radius 2 is 2.15 bits per heavy atom. The third-order valence-electron chi connectivity index (χ3n) is 3.77. The Balaban J connectivity index is 1.78. The molecule has 0 saturated carbocycles. The molecule has 1 amide bonds. The molecule has 0 radical (unpaired) electrons. The molecule has 0 heterocycles. The summed E-state index contributed by atoms with van der Waals surface area (Å²) in [7, 11) is 1.63. The van der Waals surface area contributed by atoms with Gasteiger partial charge < -0.3 is 15.4 Å². The number of methoxy groups -OCH3 is 1. The number of aryl methyl sites for hydroxylation is 2. The lowest BCUT2D eigenvalue weighted by Crippen LogP contribution is -2.42. The lowest BCUT2D eigenvalue weighted by Gasteiger charge is -2.14. The molecule has 1 aromatic rings. The van der Waals surface area contributed by atoms with Gasteiger partial charge in [0.2, 0.25) is 5.91 Å². The molecule has 4 heteroatoms. The van der Waals surface area contributed by atoms with E-state index in [0.717, 1.165) is 6.54 Å². The molecule has 0 saturated heterocycles. The molecular formula is C16H24N2O2. The number of ether oxygens (including phenoxy) is 1. The first-order valence-corrected chi connectivity index (χ1v) is 7.31. The van der Waals surface area contributed by atoms with Crippen molar-refractivity contribution in [3.8, 4) is 0 Å². The molecule has 1 aromatic carbocycles. The summed E-state index contributed by atoms with van der Waals surface area (Å²) in [5, 5.41) is 6.10. The van der Waals surface area contributed by atoms with Gasteiger partial charge in [-0.2, -0.15) is 0 Å². The highest BCUT2D eigenvalue weighted by atomic mass is 16.5. The molecule has 4 nitrogen and oxygen atoms in total. The Hall–Kier alpha value is -1.39. The van der Waals surface area contributed by atoms with Crippen LogP contribution in [-0.2, 0) is 28.9 Å². The van der Waals surface area contributed by atoms with Gasteiger partial charge in [-0.05, 0) is 42.9 Å². The highest BCUT2D eigenvalue weighted by Crippen LogP contribution is 2.22. The predicted octanol–water partition coefficient (Wildman–Crippen LogP) is 1.42. The van der Waals surface area contributed by atoms with Crippen LogP contribution < -0.4 is 10.6 Å². The second kappa shape index (κ2) is 7.41. The van der Waals surface area contributed by atoms with E-state index in [1.54, 1.807) is 7.11 Å². The zero-order valence-electron chi connectivity index (χ0n) is 12.4. The van der Waals surface area contributed by atoms with E-state index < -0.39 is 0 Å². The number of rotatable bonds is 7. The number of hydrogen-bond donors (Lipinski definition) is 2. The van der Waals surface area contributed by atoms with Crippen molar-refractivity contribution in [2.24, 2.45) is 0 Å². The van der Waals surface area contributed by atoms with Crippen molar-refractivity contribution in [2.75, 3.05) is 20.3 Å². The molecule has 20 heavy (non-hydrogen) atoms. The lowest BCUT2D eigenvalue weighted by molar-refractivity contribution is -0.122. The highest BCUT2D eigenvalue weighted by molar-refractivity contribution is 5.81. The Morgan fingerprint density at radius 3 is 2.95 bits per heavy atom. The van der Waals surface area contributed by atoms with Crippen molar-refractivity contribution in [1.82, 2.24) is 10.6 Å². The van der Waals surface area contributed by atoms with Crippen molar-refractivity contribution < 1.29 is 9.53 Å². The average Bonchev–Trinajstić information content (AvgIpc) is 2.92. The van der Waals surface area contributed by atoms with Crippen molar-refractivity contribution in [1.29, 1.82) is 0 Å². The summed E-state index contributed by atoms with van der Waals surface area (Å²) in [5.41, 5.74) is 4.21. The van der Waals surface area contributed by atoms with E-state index in [0.29, 0.717) is 13.2 Å². The smallest absolute Gasteiger partial charge is 0.236 e. The van der Waals surface area contributed by atoms with E-state index in [4.69, 9.17) is 4.74 Å². The van der Waals surface area contributed by atoms with Crippen LogP contribution in [0.25, 0.3) is 0 Å². The topological polar surface area (TPSA) is 50.4 Å². The third kappa shape index (κ3) is 4.05. The number of carbonyl (C=O) groups is 1. The van der Waals surface area contributed by atoms with Crippen molar-refractivity contribution in [3.05, 3.63) is 34.9 Å². The summed E-state index contributed by atoms with van der Waals surface area (Å²) in [6, 6.07) is 6.46. The van der Waals surface area contributed by atoms with E-state index in [9.17, 15) is 4.79 Å². The fourth-order valence-electron chi connectivity index (χ4n) is 2.53. The maximum Gasteiger partial charge on any atom is 0.236 e. The highest BCUT2D eigenvalue weighted by Gasteiger charge is 2.13. The van der Waals surface area contributed by atoms with Gasteiger partial charge in [-0.3, -0.25) is 4.79 Å². The Morgan fingerprint density at radius 1 is 1.35 bits per heavy atom. The first-order chi connectivity index (χ1) is 9.70. The van der Waals surface area contributed by atoms with Crippen molar-refractivity contribution in [3.63, 3.8) is 0 Å². The largest absolute Gasteiger partial charge is 0.383 e. The number of fused-ring (bicyclic) bond motifs is 1. The molecule has 0 aliphatic heterocycles. The van der Waals surface area contributed by atoms with Gasteiger partial charge in [0.25, 0.3) is 0 Å². The van der Waals surface area contributed by atoms with Gasteiger partial charge in [0.1, 0.15) is 0 Å². The number of carbonyl (C=O) groups excluding carboxylic acids is 1. The van der Waals surface area contributed by atoms with Crippen molar-refractivity contribution >= 4 is 5.91 Å². The summed E-state index contributed by atoms with van der Waals surface area (Å²) in [4.78, 5) is 11.8. The number of nitrogens with one attached hydrogen (secondary N) is 2. The molecular weight excluding hydrogens is 252 g/mol. The Labute approximate surface area is 120 Å².